The second kappa shape index (κ2) is 11.8. The molecular formula is C21H31F2NO4. The Morgan fingerprint density at radius 1 is 1.32 bits per heavy atom. The van der Waals surface area contributed by atoms with E-state index >= 15 is 0 Å². The second-order valence-electron chi connectivity index (χ2n) is 7.30. The van der Waals surface area contributed by atoms with E-state index in [0.717, 1.165) is 6.42 Å². The molecule has 0 aromatic carbocycles. The van der Waals surface area contributed by atoms with Crippen molar-refractivity contribution in [3.63, 3.8) is 0 Å². The summed E-state index contributed by atoms with van der Waals surface area (Å²) in [6, 6.07) is -0.745. The Bertz CT molecular complexity index is 609. The van der Waals surface area contributed by atoms with Gasteiger partial charge in [0.15, 0.2) is 0 Å². The Morgan fingerprint density at radius 2 is 2.00 bits per heavy atom. The third-order valence-corrected chi connectivity index (χ3v) is 4.82. The van der Waals surface area contributed by atoms with Crippen molar-refractivity contribution in [2.45, 2.75) is 83.3 Å². The molecule has 1 heterocycles. The summed E-state index contributed by atoms with van der Waals surface area (Å²) >= 11 is 0. The maximum Gasteiger partial charge on any atom is 0.327 e. The van der Waals surface area contributed by atoms with Gasteiger partial charge in [-0.2, -0.15) is 8.78 Å². The van der Waals surface area contributed by atoms with Gasteiger partial charge in [0.05, 0.1) is 12.1 Å². The Hall–Kier alpha value is -1.94. The monoisotopic (exact) mass is 399 g/mol. The predicted octanol–water partition coefficient (Wildman–Crippen LogP) is 3.61. The highest BCUT2D eigenvalue weighted by Gasteiger charge is 2.52. The fourth-order valence-electron chi connectivity index (χ4n) is 3.08. The molecule has 0 aromatic heterocycles. The summed E-state index contributed by atoms with van der Waals surface area (Å²) in [6.07, 6.45) is 5.36. The third-order valence-electron chi connectivity index (χ3n) is 4.82. The van der Waals surface area contributed by atoms with Crippen LogP contribution in [0.5, 0.6) is 0 Å². The number of alkyl halides is 2. The number of unbranched alkanes of at least 4 members (excludes halogenated alkanes) is 3. The van der Waals surface area contributed by atoms with Crippen LogP contribution in [-0.2, 0) is 9.59 Å². The number of carboxylic acid groups (broad SMARTS) is 1. The Balaban J connectivity index is 2.58. The number of likely N-dealkylation sites (tertiary alicyclic amines) is 1. The maximum atomic E-state index is 13.9. The van der Waals surface area contributed by atoms with Gasteiger partial charge in [-0.1, -0.05) is 38.8 Å². The molecule has 1 amide bonds. The van der Waals surface area contributed by atoms with E-state index in [4.69, 9.17) is 5.11 Å². The van der Waals surface area contributed by atoms with E-state index in [1.54, 1.807) is 0 Å². The third kappa shape index (κ3) is 7.97. The summed E-state index contributed by atoms with van der Waals surface area (Å²) in [4.78, 5) is 23.6. The van der Waals surface area contributed by atoms with E-state index in [9.17, 15) is 23.5 Å². The number of hydrogen-bond acceptors (Lipinski definition) is 3. The van der Waals surface area contributed by atoms with Crippen LogP contribution in [0.4, 0.5) is 8.78 Å². The molecule has 0 aromatic rings. The number of hydrogen-bond donors (Lipinski definition) is 2. The first-order valence-corrected chi connectivity index (χ1v) is 9.91. The number of carbonyl (C=O) groups is 2. The highest BCUT2D eigenvalue weighted by molar-refractivity contribution is 5.86. The highest BCUT2D eigenvalue weighted by atomic mass is 19.3. The van der Waals surface area contributed by atoms with Crippen LogP contribution in [0.2, 0.25) is 0 Å². The van der Waals surface area contributed by atoms with Crippen LogP contribution in [0.15, 0.2) is 12.2 Å². The SMILES string of the molecule is CCC#CCC(C)C(O)C=CC1CC(F)(F)C(=O)N1CCCCCCC(=O)O. The Labute approximate surface area is 165 Å². The van der Waals surface area contributed by atoms with Crippen LogP contribution >= 0.6 is 0 Å². The van der Waals surface area contributed by atoms with Gasteiger partial charge in [0.25, 0.3) is 5.91 Å². The summed E-state index contributed by atoms with van der Waals surface area (Å²) in [6.45, 7) is 3.97. The van der Waals surface area contributed by atoms with E-state index in [1.807, 2.05) is 13.8 Å². The fourth-order valence-corrected chi connectivity index (χ4v) is 3.08. The largest absolute Gasteiger partial charge is 0.481 e. The van der Waals surface area contributed by atoms with Crippen molar-refractivity contribution in [3.8, 4) is 11.8 Å². The zero-order valence-corrected chi connectivity index (χ0v) is 16.7. The molecule has 5 nitrogen and oxygen atoms in total. The van der Waals surface area contributed by atoms with E-state index in [2.05, 4.69) is 11.8 Å². The van der Waals surface area contributed by atoms with Crippen molar-refractivity contribution >= 4 is 11.9 Å². The van der Waals surface area contributed by atoms with Gasteiger partial charge < -0.3 is 15.1 Å². The molecule has 3 unspecified atom stereocenters. The lowest BCUT2D eigenvalue weighted by Gasteiger charge is -2.22. The van der Waals surface area contributed by atoms with Crippen LogP contribution in [-0.4, -0.2) is 51.6 Å². The molecule has 1 aliphatic heterocycles. The number of amides is 1. The molecule has 1 rings (SSSR count). The number of nitrogens with zero attached hydrogens (tertiary/aromatic N) is 1. The zero-order valence-electron chi connectivity index (χ0n) is 16.7. The lowest BCUT2D eigenvalue weighted by atomic mass is 9.99. The van der Waals surface area contributed by atoms with E-state index in [-0.39, 0.29) is 18.9 Å². The Morgan fingerprint density at radius 3 is 2.64 bits per heavy atom. The summed E-state index contributed by atoms with van der Waals surface area (Å²) in [5, 5.41) is 18.8. The van der Waals surface area contributed by atoms with Crippen molar-refractivity contribution in [1.82, 2.24) is 4.90 Å². The predicted molar refractivity (Wildman–Crippen MR) is 103 cm³/mol. The van der Waals surface area contributed by atoms with Gasteiger partial charge in [-0.25, -0.2) is 0 Å². The summed E-state index contributed by atoms with van der Waals surface area (Å²) in [7, 11) is 0. The van der Waals surface area contributed by atoms with Crippen molar-refractivity contribution in [3.05, 3.63) is 12.2 Å². The summed E-state index contributed by atoms with van der Waals surface area (Å²) in [5.74, 6) is 0.341. The molecule has 2 N–H and O–H groups in total. The molecule has 0 aliphatic carbocycles. The summed E-state index contributed by atoms with van der Waals surface area (Å²) < 4.78 is 27.7. The van der Waals surface area contributed by atoms with Gasteiger partial charge in [0.1, 0.15) is 0 Å². The van der Waals surface area contributed by atoms with Gasteiger partial charge in [0.2, 0.25) is 0 Å². The lowest BCUT2D eigenvalue weighted by molar-refractivity contribution is -0.148. The van der Waals surface area contributed by atoms with Crippen LogP contribution in [0.1, 0.15) is 65.2 Å². The van der Waals surface area contributed by atoms with Crippen LogP contribution < -0.4 is 0 Å². The molecule has 0 saturated carbocycles. The maximum absolute atomic E-state index is 13.9. The number of carboxylic acids is 1. The van der Waals surface area contributed by atoms with Crippen LogP contribution in [0, 0.1) is 17.8 Å². The van der Waals surface area contributed by atoms with Gasteiger partial charge in [0, 0.05) is 32.2 Å². The molecule has 0 spiro atoms. The number of halogens is 2. The van der Waals surface area contributed by atoms with E-state index in [1.165, 1.54) is 17.1 Å². The molecule has 1 saturated heterocycles. The lowest BCUT2D eigenvalue weighted by Crippen LogP contribution is -2.36. The van der Waals surface area contributed by atoms with Crippen molar-refractivity contribution in [2.75, 3.05) is 6.54 Å². The molecule has 1 fully saturated rings. The molecule has 1 aliphatic rings. The van der Waals surface area contributed by atoms with E-state index in [0.29, 0.717) is 32.1 Å². The zero-order chi connectivity index (χ0) is 21.2. The average Bonchev–Trinajstić information content (AvgIpc) is 2.85. The quantitative estimate of drug-likeness (QED) is 0.316. The molecule has 158 valence electrons. The van der Waals surface area contributed by atoms with Gasteiger partial charge in [-0.05, 0) is 18.8 Å². The summed E-state index contributed by atoms with van der Waals surface area (Å²) in [5.41, 5.74) is 0. The smallest absolute Gasteiger partial charge is 0.327 e. The number of rotatable bonds is 11. The molecule has 0 radical (unpaired) electrons. The standard InChI is InChI=1S/C21H31F2NO4/c1-3-4-7-10-16(2)18(25)13-12-17-15-21(22,23)20(28)24(17)14-9-6-5-8-11-19(26)27/h12-13,16-18,25H,3,5-6,8-11,14-15H2,1-2H3,(H,26,27). The Kier molecular flexibility index (Phi) is 10.2. The van der Waals surface area contributed by atoms with Gasteiger partial charge in [-0.15, -0.1) is 11.8 Å². The second-order valence-corrected chi connectivity index (χ2v) is 7.30. The van der Waals surface area contributed by atoms with Gasteiger partial charge >= 0.3 is 11.9 Å². The average molecular weight is 399 g/mol. The number of aliphatic hydroxyl groups excluding tert-OH is 1. The van der Waals surface area contributed by atoms with Crippen molar-refractivity contribution in [1.29, 1.82) is 0 Å². The molecule has 0 bridgehead atoms. The first-order chi connectivity index (χ1) is 13.2. The number of carbonyl (C=O) groups excluding carboxylic acids is 1. The van der Waals surface area contributed by atoms with Crippen LogP contribution in [0.25, 0.3) is 0 Å². The first kappa shape index (κ1) is 24.1. The minimum absolute atomic E-state index is 0.0881. The number of aliphatic carboxylic acids is 1. The van der Waals surface area contributed by atoms with Crippen molar-refractivity contribution in [2.24, 2.45) is 5.92 Å². The topological polar surface area (TPSA) is 77.8 Å². The normalized spacial score (nSPS) is 20.8. The highest BCUT2D eigenvalue weighted by Crippen LogP contribution is 2.34. The van der Waals surface area contributed by atoms with E-state index < -0.39 is 36.4 Å². The minimum Gasteiger partial charge on any atom is -0.481 e. The fraction of sp³-hybridized carbons (Fsp3) is 0.714. The first-order valence-electron chi connectivity index (χ1n) is 9.91. The number of aliphatic hydroxyl groups is 1. The minimum atomic E-state index is -3.39. The van der Waals surface area contributed by atoms with Crippen molar-refractivity contribution < 1.29 is 28.6 Å². The molecule has 7 heteroatoms. The van der Waals surface area contributed by atoms with Gasteiger partial charge in [-0.3, -0.25) is 9.59 Å². The molecule has 3 atom stereocenters. The molecular weight excluding hydrogens is 368 g/mol. The molecule has 28 heavy (non-hydrogen) atoms. The van der Waals surface area contributed by atoms with Crippen LogP contribution in [0.3, 0.4) is 0 Å².